The SMILES string of the molecule is Cc1nc2n(n1)C(c1ccccc1)(c1ccccc1)c1ccccc1C2c1ccccc1. The minimum absolute atomic E-state index is 0.0224. The van der Waals surface area contributed by atoms with Gasteiger partial charge in [-0.15, -0.1) is 0 Å². The van der Waals surface area contributed by atoms with Crippen LogP contribution in [0.2, 0.25) is 0 Å². The monoisotopic (exact) mass is 413 g/mol. The van der Waals surface area contributed by atoms with E-state index in [9.17, 15) is 0 Å². The normalized spacial score (nSPS) is 16.2. The molecule has 1 aliphatic rings. The molecule has 6 rings (SSSR count). The number of fused-ring (bicyclic) bond motifs is 2. The van der Waals surface area contributed by atoms with E-state index in [2.05, 4.69) is 120 Å². The van der Waals surface area contributed by atoms with Gasteiger partial charge in [0.15, 0.2) is 0 Å². The Morgan fingerprint density at radius 1 is 0.656 bits per heavy atom. The molecule has 154 valence electrons. The number of rotatable bonds is 3. The summed E-state index contributed by atoms with van der Waals surface area (Å²) in [4.78, 5) is 5.01. The predicted octanol–water partition coefficient (Wildman–Crippen LogP) is 5.92. The highest BCUT2D eigenvalue weighted by Gasteiger charge is 2.48. The van der Waals surface area contributed by atoms with Crippen molar-refractivity contribution in [3.8, 4) is 0 Å². The van der Waals surface area contributed by atoms with Crippen molar-refractivity contribution in [3.63, 3.8) is 0 Å². The number of hydrogen-bond acceptors (Lipinski definition) is 2. The van der Waals surface area contributed by atoms with Gasteiger partial charge in [0, 0.05) is 0 Å². The maximum Gasteiger partial charge on any atom is 0.147 e. The number of aromatic nitrogens is 3. The van der Waals surface area contributed by atoms with Gasteiger partial charge in [-0.05, 0) is 34.7 Å². The molecule has 2 heterocycles. The van der Waals surface area contributed by atoms with Crippen LogP contribution in [-0.4, -0.2) is 14.8 Å². The Balaban J connectivity index is 1.78. The van der Waals surface area contributed by atoms with E-state index in [-0.39, 0.29) is 5.92 Å². The summed E-state index contributed by atoms with van der Waals surface area (Å²) < 4.78 is 2.17. The zero-order valence-electron chi connectivity index (χ0n) is 17.9. The highest BCUT2D eigenvalue weighted by atomic mass is 15.4. The van der Waals surface area contributed by atoms with Gasteiger partial charge in [-0.25, -0.2) is 9.67 Å². The third-order valence-corrected chi connectivity index (χ3v) is 6.49. The second kappa shape index (κ2) is 7.31. The van der Waals surface area contributed by atoms with Crippen LogP contribution in [0.4, 0.5) is 0 Å². The van der Waals surface area contributed by atoms with Crippen molar-refractivity contribution >= 4 is 0 Å². The van der Waals surface area contributed by atoms with Crippen LogP contribution in [0.1, 0.15) is 45.4 Å². The summed E-state index contributed by atoms with van der Waals surface area (Å²) in [5.41, 5.74) is 5.49. The summed E-state index contributed by atoms with van der Waals surface area (Å²) >= 11 is 0. The third-order valence-electron chi connectivity index (χ3n) is 6.49. The minimum atomic E-state index is -0.596. The molecule has 0 amide bonds. The van der Waals surface area contributed by atoms with Gasteiger partial charge in [0.1, 0.15) is 17.2 Å². The first-order valence-electron chi connectivity index (χ1n) is 11.0. The molecule has 0 N–H and O–H groups in total. The molecule has 0 aliphatic carbocycles. The minimum Gasteiger partial charge on any atom is -0.229 e. The van der Waals surface area contributed by atoms with Crippen LogP contribution in [0.5, 0.6) is 0 Å². The Bertz CT molecular complexity index is 1330. The Morgan fingerprint density at radius 3 is 1.81 bits per heavy atom. The first-order chi connectivity index (χ1) is 15.8. The van der Waals surface area contributed by atoms with Crippen LogP contribution in [0.15, 0.2) is 115 Å². The fourth-order valence-electron chi connectivity index (χ4n) is 5.25. The lowest BCUT2D eigenvalue weighted by molar-refractivity contribution is 0.412. The predicted molar refractivity (Wildman–Crippen MR) is 127 cm³/mol. The topological polar surface area (TPSA) is 30.7 Å². The summed E-state index contributed by atoms with van der Waals surface area (Å²) in [6.45, 7) is 1.98. The first-order valence-corrected chi connectivity index (χ1v) is 11.0. The Labute approximate surface area is 188 Å². The first kappa shape index (κ1) is 18.8. The van der Waals surface area contributed by atoms with Crippen molar-refractivity contribution in [3.05, 3.63) is 155 Å². The summed E-state index contributed by atoms with van der Waals surface area (Å²) in [5.74, 6) is 1.78. The Kier molecular flexibility index (Phi) is 4.29. The molecule has 0 saturated heterocycles. The largest absolute Gasteiger partial charge is 0.229 e. The second-order valence-corrected chi connectivity index (χ2v) is 8.30. The smallest absolute Gasteiger partial charge is 0.147 e. The van der Waals surface area contributed by atoms with Crippen LogP contribution < -0.4 is 0 Å². The zero-order valence-corrected chi connectivity index (χ0v) is 17.9. The molecule has 1 unspecified atom stereocenters. The molecule has 0 saturated carbocycles. The fourth-order valence-corrected chi connectivity index (χ4v) is 5.25. The quantitative estimate of drug-likeness (QED) is 0.360. The van der Waals surface area contributed by atoms with Crippen LogP contribution >= 0.6 is 0 Å². The molecule has 1 aliphatic heterocycles. The van der Waals surface area contributed by atoms with Crippen molar-refractivity contribution in [1.82, 2.24) is 14.8 Å². The van der Waals surface area contributed by atoms with Gasteiger partial charge in [-0.3, -0.25) is 0 Å². The molecule has 32 heavy (non-hydrogen) atoms. The molecule has 3 nitrogen and oxygen atoms in total. The van der Waals surface area contributed by atoms with Crippen LogP contribution in [-0.2, 0) is 5.54 Å². The van der Waals surface area contributed by atoms with Gasteiger partial charge in [-0.2, -0.15) is 5.10 Å². The number of hydrogen-bond donors (Lipinski definition) is 0. The van der Waals surface area contributed by atoms with E-state index >= 15 is 0 Å². The van der Waals surface area contributed by atoms with Crippen molar-refractivity contribution in [2.45, 2.75) is 18.4 Å². The van der Waals surface area contributed by atoms with Gasteiger partial charge < -0.3 is 0 Å². The lowest BCUT2D eigenvalue weighted by Crippen LogP contribution is -2.44. The maximum absolute atomic E-state index is 5.04. The highest BCUT2D eigenvalue weighted by Crippen LogP contribution is 2.50. The van der Waals surface area contributed by atoms with Gasteiger partial charge in [0.05, 0.1) is 5.92 Å². The van der Waals surface area contributed by atoms with Gasteiger partial charge >= 0.3 is 0 Å². The number of benzene rings is 4. The van der Waals surface area contributed by atoms with Crippen LogP contribution in [0.3, 0.4) is 0 Å². The summed E-state index contributed by atoms with van der Waals surface area (Å²) in [6.07, 6.45) is 0. The van der Waals surface area contributed by atoms with Crippen molar-refractivity contribution in [2.75, 3.05) is 0 Å². The van der Waals surface area contributed by atoms with Gasteiger partial charge in [-0.1, -0.05) is 115 Å². The van der Waals surface area contributed by atoms with E-state index in [1.165, 1.54) is 27.8 Å². The molecule has 3 heteroatoms. The Hall–Kier alpha value is -3.98. The molecule has 0 spiro atoms. The molecule has 0 fully saturated rings. The third kappa shape index (κ3) is 2.61. The lowest BCUT2D eigenvalue weighted by Gasteiger charge is -2.43. The van der Waals surface area contributed by atoms with Crippen molar-refractivity contribution < 1.29 is 0 Å². The number of nitrogens with zero attached hydrogens (tertiary/aromatic N) is 3. The highest BCUT2D eigenvalue weighted by molar-refractivity contribution is 5.59. The fraction of sp³-hybridized carbons (Fsp3) is 0.103. The average molecular weight is 414 g/mol. The Morgan fingerprint density at radius 2 is 1.19 bits per heavy atom. The molecule has 1 atom stereocenters. The zero-order chi connectivity index (χ0) is 21.5. The molecule has 0 bridgehead atoms. The van der Waals surface area contributed by atoms with Gasteiger partial charge in [0.25, 0.3) is 0 Å². The van der Waals surface area contributed by atoms with Crippen molar-refractivity contribution in [2.24, 2.45) is 0 Å². The van der Waals surface area contributed by atoms with Crippen LogP contribution in [0, 0.1) is 6.92 Å². The summed E-state index contributed by atoms with van der Waals surface area (Å²) in [5, 5.41) is 5.04. The van der Waals surface area contributed by atoms with E-state index in [0.29, 0.717) is 0 Å². The van der Waals surface area contributed by atoms with E-state index in [1.54, 1.807) is 0 Å². The van der Waals surface area contributed by atoms with Gasteiger partial charge in [0.2, 0.25) is 0 Å². The molecule has 0 radical (unpaired) electrons. The second-order valence-electron chi connectivity index (χ2n) is 8.30. The molecule has 1 aromatic heterocycles. The van der Waals surface area contributed by atoms with E-state index in [4.69, 9.17) is 10.1 Å². The number of aryl methyl sites for hydroxylation is 1. The van der Waals surface area contributed by atoms with E-state index in [1.807, 2.05) is 6.92 Å². The standard InChI is InChI=1S/C29H23N3/c1-21-30-28-27(22-13-5-2-6-14-22)25-19-11-12-20-26(25)29(32(28)31-21,23-15-7-3-8-16-23)24-17-9-4-10-18-24/h2-20,27H,1H3. The molecular formula is C29H23N3. The average Bonchev–Trinajstić information content (AvgIpc) is 3.25. The molecule has 4 aromatic carbocycles. The molecular weight excluding hydrogens is 390 g/mol. The summed E-state index contributed by atoms with van der Waals surface area (Å²) in [6, 6.07) is 40.8. The summed E-state index contributed by atoms with van der Waals surface area (Å²) in [7, 11) is 0. The van der Waals surface area contributed by atoms with E-state index < -0.39 is 5.54 Å². The molecule has 5 aromatic rings. The lowest BCUT2D eigenvalue weighted by atomic mass is 9.69. The van der Waals surface area contributed by atoms with E-state index in [0.717, 1.165) is 11.6 Å². The van der Waals surface area contributed by atoms with Crippen LogP contribution in [0.25, 0.3) is 0 Å². The van der Waals surface area contributed by atoms with Crippen molar-refractivity contribution in [1.29, 1.82) is 0 Å². The maximum atomic E-state index is 5.04.